The Labute approximate surface area is 93.6 Å². The summed E-state index contributed by atoms with van der Waals surface area (Å²) in [6.45, 7) is 3.10. The summed E-state index contributed by atoms with van der Waals surface area (Å²) in [6, 6.07) is 0. The fraction of sp³-hybridized carbons (Fsp3) is 0.444. The molecule has 5 nitrogen and oxygen atoms in total. The van der Waals surface area contributed by atoms with Gasteiger partial charge in [0.1, 0.15) is 0 Å². The van der Waals surface area contributed by atoms with Gasteiger partial charge in [-0.3, -0.25) is 9.89 Å². The largest absolute Gasteiger partial charge is 0.393 e. The Kier molecular flexibility index (Phi) is 4.23. The molecule has 0 bridgehead atoms. The molecule has 0 aliphatic heterocycles. The maximum Gasteiger partial charge on any atom is 0.257 e. The van der Waals surface area contributed by atoms with E-state index < -0.39 is 0 Å². The van der Waals surface area contributed by atoms with Crippen molar-refractivity contribution in [3.63, 3.8) is 0 Å². The van der Waals surface area contributed by atoms with Crippen LogP contribution in [0.2, 0.25) is 0 Å². The average molecular weight is 226 g/mol. The fourth-order valence-electron chi connectivity index (χ4n) is 1.20. The lowest BCUT2D eigenvalue weighted by atomic mass is 10.3. The summed E-state index contributed by atoms with van der Waals surface area (Å²) >= 11 is 4.77. The molecule has 6 heteroatoms. The smallest absolute Gasteiger partial charge is 0.257 e. The predicted molar refractivity (Wildman–Crippen MR) is 61.6 cm³/mol. The second kappa shape index (κ2) is 5.45. The lowest BCUT2D eigenvalue weighted by Gasteiger charge is -2.19. The number of rotatable bonds is 5. The Hall–Kier alpha value is -1.43. The lowest BCUT2D eigenvalue weighted by molar-refractivity contribution is 0.0769. The minimum atomic E-state index is -0.0532. The van der Waals surface area contributed by atoms with Crippen LogP contribution in [0.5, 0.6) is 0 Å². The first-order chi connectivity index (χ1) is 7.15. The second-order valence-electron chi connectivity index (χ2n) is 3.09. The highest BCUT2D eigenvalue weighted by Gasteiger charge is 2.14. The second-order valence-corrected chi connectivity index (χ2v) is 3.61. The SMILES string of the molecule is CCN(CCC(N)=S)C(=O)c1cn[nH]c1. The summed E-state index contributed by atoms with van der Waals surface area (Å²) in [4.78, 5) is 13.9. The van der Waals surface area contributed by atoms with Gasteiger partial charge in [-0.05, 0) is 6.92 Å². The molecule has 0 aliphatic rings. The van der Waals surface area contributed by atoms with Crippen molar-refractivity contribution in [2.75, 3.05) is 13.1 Å². The molecule has 15 heavy (non-hydrogen) atoms. The van der Waals surface area contributed by atoms with E-state index in [2.05, 4.69) is 10.2 Å². The van der Waals surface area contributed by atoms with Crippen molar-refractivity contribution in [2.45, 2.75) is 13.3 Å². The van der Waals surface area contributed by atoms with E-state index in [4.69, 9.17) is 18.0 Å². The number of hydrogen-bond acceptors (Lipinski definition) is 3. The van der Waals surface area contributed by atoms with E-state index in [1.165, 1.54) is 6.20 Å². The predicted octanol–water partition coefficient (Wildman–Crippen LogP) is 0.548. The number of nitrogens with two attached hydrogens (primary N) is 1. The monoisotopic (exact) mass is 226 g/mol. The number of H-pyrrole nitrogens is 1. The molecular weight excluding hydrogens is 212 g/mol. The number of nitrogens with zero attached hydrogens (tertiary/aromatic N) is 2. The van der Waals surface area contributed by atoms with Crippen molar-refractivity contribution < 1.29 is 4.79 Å². The number of amides is 1. The molecule has 0 radical (unpaired) electrons. The van der Waals surface area contributed by atoms with Crippen molar-refractivity contribution in [1.29, 1.82) is 0 Å². The quantitative estimate of drug-likeness (QED) is 0.719. The van der Waals surface area contributed by atoms with Gasteiger partial charge >= 0.3 is 0 Å². The Bertz CT molecular complexity index is 336. The molecule has 1 heterocycles. The first-order valence-electron chi connectivity index (χ1n) is 4.71. The first kappa shape index (κ1) is 11.6. The molecule has 0 aliphatic carbocycles. The zero-order valence-electron chi connectivity index (χ0n) is 8.56. The number of aromatic amines is 1. The summed E-state index contributed by atoms with van der Waals surface area (Å²) in [5.74, 6) is -0.0532. The van der Waals surface area contributed by atoms with Crippen molar-refractivity contribution in [1.82, 2.24) is 15.1 Å². The van der Waals surface area contributed by atoms with Crippen molar-refractivity contribution in [2.24, 2.45) is 5.73 Å². The molecule has 0 atom stereocenters. The van der Waals surface area contributed by atoms with E-state index in [0.717, 1.165) is 0 Å². The van der Waals surface area contributed by atoms with Gasteiger partial charge in [-0.2, -0.15) is 5.10 Å². The Morgan fingerprint density at radius 2 is 2.47 bits per heavy atom. The maximum absolute atomic E-state index is 11.8. The normalized spacial score (nSPS) is 9.93. The van der Waals surface area contributed by atoms with Crippen molar-refractivity contribution >= 4 is 23.1 Å². The Morgan fingerprint density at radius 1 is 1.73 bits per heavy atom. The molecule has 0 spiro atoms. The third-order valence-electron chi connectivity index (χ3n) is 2.04. The van der Waals surface area contributed by atoms with Gasteiger partial charge in [-0.25, -0.2) is 0 Å². The summed E-state index contributed by atoms with van der Waals surface area (Å²) in [5.41, 5.74) is 5.94. The number of nitrogens with one attached hydrogen (secondary N) is 1. The van der Waals surface area contributed by atoms with Gasteiger partial charge in [0.25, 0.3) is 5.91 Å². The highest BCUT2D eigenvalue weighted by atomic mass is 32.1. The Morgan fingerprint density at radius 3 is 2.93 bits per heavy atom. The van der Waals surface area contributed by atoms with Gasteiger partial charge in [-0.15, -0.1) is 0 Å². The number of aromatic nitrogens is 2. The summed E-state index contributed by atoms with van der Waals surface area (Å²) < 4.78 is 0. The van der Waals surface area contributed by atoms with Crippen LogP contribution in [0.1, 0.15) is 23.7 Å². The van der Waals surface area contributed by atoms with Crippen LogP contribution in [0.15, 0.2) is 12.4 Å². The molecule has 1 aromatic rings. The summed E-state index contributed by atoms with van der Waals surface area (Å²) in [7, 11) is 0. The minimum Gasteiger partial charge on any atom is -0.393 e. The highest BCUT2D eigenvalue weighted by molar-refractivity contribution is 7.80. The van der Waals surface area contributed by atoms with Gasteiger partial charge in [0.15, 0.2) is 0 Å². The molecule has 1 rings (SSSR count). The first-order valence-corrected chi connectivity index (χ1v) is 5.12. The molecule has 3 N–H and O–H groups in total. The van der Waals surface area contributed by atoms with E-state index in [1.807, 2.05) is 6.92 Å². The molecule has 0 saturated carbocycles. The number of carbonyl (C=O) groups is 1. The molecule has 0 unspecified atom stereocenters. The van der Waals surface area contributed by atoms with Gasteiger partial charge in [-0.1, -0.05) is 12.2 Å². The van der Waals surface area contributed by atoms with Crippen LogP contribution < -0.4 is 5.73 Å². The molecule has 1 amide bonds. The van der Waals surface area contributed by atoms with E-state index in [9.17, 15) is 4.79 Å². The van der Waals surface area contributed by atoms with Gasteiger partial charge in [0.2, 0.25) is 0 Å². The van der Waals surface area contributed by atoms with Gasteiger partial charge < -0.3 is 10.6 Å². The molecular formula is C9H14N4OS. The third kappa shape index (κ3) is 3.32. The van der Waals surface area contributed by atoms with Gasteiger partial charge in [0.05, 0.1) is 16.7 Å². The molecule has 0 saturated heterocycles. The van der Waals surface area contributed by atoms with E-state index in [-0.39, 0.29) is 5.91 Å². The zero-order valence-corrected chi connectivity index (χ0v) is 9.38. The average Bonchev–Trinajstić information content (AvgIpc) is 2.70. The van der Waals surface area contributed by atoms with Crippen LogP contribution in [-0.2, 0) is 0 Å². The van der Waals surface area contributed by atoms with E-state index in [1.54, 1.807) is 11.1 Å². The lowest BCUT2D eigenvalue weighted by Crippen LogP contribution is -2.33. The van der Waals surface area contributed by atoms with Crippen molar-refractivity contribution in [3.8, 4) is 0 Å². The Balaban J connectivity index is 2.59. The molecule has 82 valence electrons. The maximum atomic E-state index is 11.8. The van der Waals surface area contributed by atoms with Crippen LogP contribution in [0.3, 0.4) is 0 Å². The molecule has 0 aromatic carbocycles. The minimum absolute atomic E-state index is 0.0532. The number of thiocarbonyl (C=S) groups is 1. The number of hydrogen-bond donors (Lipinski definition) is 2. The summed E-state index contributed by atoms with van der Waals surface area (Å²) in [6.07, 6.45) is 3.63. The van der Waals surface area contributed by atoms with E-state index >= 15 is 0 Å². The fourth-order valence-corrected chi connectivity index (χ4v) is 1.29. The molecule has 0 fully saturated rings. The van der Waals surface area contributed by atoms with Gasteiger partial charge in [0, 0.05) is 25.7 Å². The topological polar surface area (TPSA) is 75.0 Å². The van der Waals surface area contributed by atoms with Crippen LogP contribution in [0, 0.1) is 0 Å². The van der Waals surface area contributed by atoms with Crippen LogP contribution in [0.4, 0.5) is 0 Å². The van der Waals surface area contributed by atoms with Crippen LogP contribution in [-0.4, -0.2) is 39.1 Å². The van der Waals surface area contributed by atoms with Crippen molar-refractivity contribution in [3.05, 3.63) is 18.0 Å². The summed E-state index contributed by atoms with van der Waals surface area (Å²) in [5, 5.41) is 6.34. The third-order valence-corrected chi connectivity index (χ3v) is 2.25. The number of carbonyl (C=O) groups excluding carboxylic acids is 1. The zero-order chi connectivity index (χ0) is 11.3. The molecule has 1 aromatic heterocycles. The standard InChI is InChI=1S/C9H14N4OS/c1-2-13(4-3-8(10)15)9(14)7-5-11-12-6-7/h5-6H,2-4H2,1H3,(H2,10,15)(H,11,12). The van der Waals surface area contributed by atoms with Crippen LogP contribution in [0.25, 0.3) is 0 Å². The van der Waals surface area contributed by atoms with Crippen LogP contribution >= 0.6 is 12.2 Å². The highest BCUT2D eigenvalue weighted by Crippen LogP contribution is 2.02. The van der Waals surface area contributed by atoms with E-state index in [0.29, 0.717) is 30.1 Å².